The van der Waals surface area contributed by atoms with Gasteiger partial charge in [0, 0.05) is 10.6 Å². The van der Waals surface area contributed by atoms with Crippen LogP contribution in [0.4, 0.5) is 5.69 Å². The molecule has 0 radical (unpaired) electrons. The Morgan fingerprint density at radius 3 is 2.67 bits per heavy atom. The average Bonchev–Trinajstić information content (AvgIpc) is 2.91. The summed E-state index contributed by atoms with van der Waals surface area (Å²) in [6.45, 7) is 3.69. The van der Waals surface area contributed by atoms with Crippen LogP contribution in [0, 0.1) is 13.8 Å². The molecule has 2 aromatic carbocycles. The fraction of sp³-hybridized carbons (Fsp3) is 0.235. The molecule has 1 atom stereocenters. The molecule has 126 valence electrons. The third-order valence-corrected chi connectivity index (χ3v) is 6.30. The minimum atomic E-state index is -3.82. The number of carbonyl (C=O) groups is 1. The summed E-state index contributed by atoms with van der Waals surface area (Å²) in [5.74, 6) is -0.141. The maximum atomic E-state index is 12.5. The second-order valence-corrected chi connectivity index (χ2v) is 8.71. The van der Waals surface area contributed by atoms with E-state index in [1.165, 1.54) is 29.0 Å². The lowest BCUT2D eigenvalue weighted by molar-refractivity contribution is -0.115. The number of rotatable bonds is 3. The van der Waals surface area contributed by atoms with Crippen LogP contribution in [0.2, 0.25) is 0 Å². The lowest BCUT2D eigenvalue weighted by Crippen LogP contribution is -2.25. The van der Waals surface area contributed by atoms with E-state index in [1.807, 2.05) is 13.0 Å². The second-order valence-electron chi connectivity index (χ2n) is 5.94. The van der Waals surface area contributed by atoms with E-state index in [0.29, 0.717) is 17.7 Å². The second kappa shape index (κ2) is 6.23. The number of aryl methyl sites for hydroxylation is 2. The quantitative estimate of drug-likeness (QED) is 0.878. The number of nitrogens with one attached hydrogen (secondary N) is 1. The van der Waals surface area contributed by atoms with Crippen molar-refractivity contribution in [1.82, 2.24) is 0 Å². The number of hydrogen-bond acceptors (Lipinski definition) is 4. The molecule has 0 aromatic heterocycles. The first-order valence-corrected chi connectivity index (χ1v) is 9.87. The number of thioether (sulfide) groups is 1. The van der Waals surface area contributed by atoms with Gasteiger partial charge in [-0.15, -0.1) is 11.8 Å². The molecule has 1 aliphatic heterocycles. The normalized spacial score (nSPS) is 16.7. The molecule has 0 saturated heterocycles. The van der Waals surface area contributed by atoms with Crippen LogP contribution in [0.1, 0.15) is 16.7 Å². The van der Waals surface area contributed by atoms with E-state index in [0.717, 1.165) is 4.90 Å². The molecule has 0 saturated carbocycles. The average molecular weight is 362 g/mol. The predicted molar refractivity (Wildman–Crippen MR) is 95.7 cm³/mol. The zero-order valence-electron chi connectivity index (χ0n) is 13.4. The van der Waals surface area contributed by atoms with Gasteiger partial charge in [0.2, 0.25) is 15.9 Å². The van der Waals surface area contributed by atoms with Gasteiger partial charge in [0.15, 0.2) is 0 Å². The molecule has 0 bridgehead atoms. The first kappa shape index (κ1) is 17.0. The van der Waals surface area contributed by atoms with E-state index in [1.54, 1.807) is 19.1 Å². The van der Waals surface area contributed by atoms with E-state index in [4.69, 9.17) is 5.14 Å². The van der Waals surface area contributed by atoms with Crippen molar-refractivity contribution in [2.45, 2.75) is 35.3 Å². The first-order chi connectivity index (χ1) is 11.2. The number of hydrogen-bond donors (Lipinski definition) is 2. The van der Waals surface area contributed by atoms with Crippen LogP contribution in [0.5, 0.6) is 0 Å². The highest BCUT2D eigenvalue weighted by molar-refractivity contribution is 8.01. The molecule has 2 aromatic rings. The standard InChI is InChI=1S/C17H18N2O3S2/c1-10-3-5-12-8-15(23-14(12)7-10)17(20)19-13-6-4-11(2)16(9-13)24(18,21)22/h3-7,9,15H,8H2,1-2H3,(H,19,20)(H2,18,21,22)/t15-/m0/s1. The fourth-order valence-corrected chi connectivity index (χ4v) is 4.79. The Morgan fingerprint density at radius 2 is 1.96 bits per heavy atom. The molecule has 0 fully saturated rings. The van der Waals surface area contributed by atoms with Crippen molar-refractivity contribution in [2.75, 3.05) is 5.32 Å². The van der Waals surface area contributed by atoms with E-state index in [9.17, 15) is 13.2 Å². The Labute approximate surface area is 145 Å². The van der Waals surface area contributed by atoms with Gasteiger partial charge < -0.3 is 5.32 Å². The molecule has 0 spiro atoms. The molecule has 5 nitrogen and oxygen atoms in total. The minimum Gasteiger partial charge on any atom is -0.325 e. The Bertz CT molecular complexity index is 923. The summed E-state index contributed by atoms with van der Waals surface area (Å²) >= 11 is 1.54. The van der Waals surface area contributed by atoms with Gasteiger partial charge >= 0.3 is 0 Å². The smallest absolute Gasteiger partial charge is 0.238 e. The lowest BCUT2D eigenvalue weighted by atomic mass is 10.1. The van der Waals surface area contributed by atoms with Crippen molar-refractivity contribution in [3.05, 3.63) is 53.1 Å². The molecule has 24 heavy (non-hydrogen) atoms. The molecule has 3 rings (SSSR count). The van der Waals surface area contributed by atoms with E-state index < -0.39 is 10.0 Å². The van der Waals surface area contributed by atoms with E-state index in [2.05, 4.69) is 17.4 Å². The molecule has 1 heterocycles. The fourth-order valence-electron chi connectivity index (χ4n) is 2.69. The van der Waals surface area contributed by atoms with Crippen LogP contribution < -0.4 is 10.5 Å². The summed E-state index contributed by atoms with van der Waals surface area (Å²) in [4.78, 5) is 13.7. The number of primary sulfonamides is 1. The van der Waals surface area contributed by atoms with Gasteiger partial charge in [-0.3, -0.25) is 4.79 Å². The Kier molecular flexibility index (Phi) is 4.42. The van der Waals surface area contributed by atoms with Gasteiger partial charge in [-0.1, -0.05) is 23.8 Å². The van der Waals surface area contributed by atoms with Crippen molar-refractivity contribution in [3.63, 3.8) is 0 Å². The van der Waals surface area contributed by atoms with Gasteiger partial charge in [0.1, 0.15) is 0 Å². The van der Waals surface area contributed by atoms with Crippen LogP contribution in [0.25, 0.3) is 0 Å². The molecule has 7 heteroatoms. The third-order valence-electron chi connectivity index (χ3n) is 3.95. The summed E-state index contributed by atoms with van der Waals surface area (Å²) < 4.78 is 23.2. The summed E-state index contributed by atoms with van der Waals surface area (Å²) in [6, 6.07) is 10.9. The van der Waals surface area contributed by atoms with Crippen LogP contribution in [-0.2, 0) is 21.2 Å². The molecular weight excluding hydrogens is 344 g/mol. The van der Waals surface area contributed by atoms with Crippen LogP contribution in [-0.4, -0.2) is 19.6 Å². The third kappa shape index (κ3) is 3.48. The molecular formula is C17H18N2O3S2. The summed E-state index contributed by atoms with van der Waals surface area (Å²) in [5.41, 5.74) is 3.31. The number of sulfonamides is 1. The van der Waals surface area contributed by atoms with Crippen LogP contribution in [0.15, 0.2) is 46.2 Å². The number of benzene rings is 2. The highest BCUT2D eigenvalue weighted by Gasteiger charge is 2.28. The van der Waals surface area contributed by atoms with Crippen LogP contribution >= 0.6 is 11.8 Å². The lowest BCUT2D eigenvalue weighted by Gasteiger charge is -2.12. The van der Waals surface area contributed by atoms with Crippen molar-refractivity contribution < 1.29 is 13.2 Å². The highest BCUT2D eigenvalue weighted by Crippen LogP contribution is 2.38. The largest absolute Gasteiger partial charge is 0.325 e. The number of amides is 1. The van der Waals surface area contributed by atoms with E-state index >= 15 is 0 Å². The maximum absolute atomic E-state index is 12.5. The van der Waals surface area contributed by atoms with Crippen LogP contribution in [0.3, 0.4) is 0 Å². The van der Waals surface area contributed by atoms with Crippen molar-refractivity contribution in [3.8, 4) is 0 Å². The molecule has 0 aliphatic carbocycles. The number of carbonyl (C=O) groups excluding carboxylic acids is 1. The Morgan fingerprint density at radius 1 is 1.21 bits per heavy atom. The topological polar surface area (TPSA) is 89.3 Å². The maximum Gasteiger partial charge on any atom is 0.238 e. The molecule has 3 N–H and O–H groups in total. The Balaban J connectivity index is 1.77. The minimum absolute atomic E-state index is 0.0262. The number of nitrogens with two attached hydrogens (primary N) is 1. The molecule has 1 amide bonds. The number of anilines is 1. The summed E-state index contributed by atoms with van der Waals surface area (Å²) in [6.07, 6.45) is 0.667. The number of fused-ring (bicyclic) bond motifs is 1. The van der Waals surface area contributed by atoms with E-state index in [-0.39, 0.29) is 16.1 Å². The van der Waals surface area contributed by atoms with Gasteiger partial charge in [-0.25, -0.2) is 13.6 Å². The zero-order chi connectivity index (χ0) is 17.5. The monoisotopic (exact) mass is 362 g/mol. The highest BCUT2D eigenvalue weighted by atomic mass is 32.2. The summed E-state index contributed by atoms with van der Waals surface area (Å²) in [7, 11) is -3.82. The molecule has 1 aliphatic rings. The predicted octanol–water partition coefficient (Wildman–Crippen LogP) is 2.61. The van der Waals surface area contributed by atoms with Gasteiger partial charge in [0.25, 0.3) is 0 Å². The van der Waals surface area contributed by atoms with Gasteiger partial charge in [-0.05, 0) is 49.6 Å². The first-order valence-electron chi connectivity index (χ1n) is 7.44. The van der Waals surface area contributed by atoms with Gasteiger partial charge in [-0.2, -0.15) is 0 Å². The van der Waals surface area contributed by atoms with Crippen molar-refractivity contribution in [1.29, 1.82) is 0 Å². The summed E-state index contributed by atoms with van der Waals surface area (Å²) in [5, 5.41) is 7.78. The van der Waals surface area contributed by atoms with Crippen molar-refractivity contribution >= 4 is 33.4 Å². The molecule has 0 unspecified atom stereocenters. The Hall–Kier alpha value is -1.83. The van der Waals surface area contributed by atoms with Gasteiger partial charge in [0.05, 0.1) is 10.1 Å². The zero-order valence-corrected chi connectivity index (χ0v) is 15.0. The van der Waals surface area contributed by atoms with Crippen molar-refractivity contribution in [2.24, 2.45) is 5.14 Å². The SMILES string of the molecule is Cc1ccc2c(c1)S[C@H](C(=O)Nc1ccc(C)c(S(N)(=O)=O)c1)C2.